The summed E-state index contributed by atoms with van der Waals surface area (Å²) in [6.45, 7) is 0.328. The molecule has 86 valence electrons. The van der Waals surface area contributed by atoms with E-state index >= 15 is 0 Å². The van der Waals surface area contributed by atoms with Crippen molar-refractivity contribution in [3.05, 3.63) is 44.2 Å². The van der Waals surface area contributed by atoms with E-state index in [4.69, 9.17) is 10.6 Å². The third kappa shape index (κ3) is 4.19. The Morgan fingerprint density at radius 1 is 1.59 bits per heavy atom. The summed E-state index contributed by atoms with van der Waals surface area (Å²) >= 11 is 3.25. The number of aromatic carboxylic acids is 1. The maximum Gasteiger partial charge on any atom is 0.335 e. The quantitative estimate of drug-likeness (QED) is 0.305. The summed E-state index contributed by atoms with van der Waals surface area (Å²) in [4.78, 5) is 13.3. The summed E-state index contributed by atoms with van der Waals surface area (Å²) < 4.78 is 0.633. The van der Waals surface area contributed by atoms with Gasteiger partial charge in [-0.15, -0.1) is 0 Å². The van der Waals surface area contributed by atoms with Crippen LogP contribution in [0.25, 0.3) is 10.4 Å². The minimum absolute atomic E-state index is 0.205. The molecule has 0 amide bonds. The molecule has 0 fully saturated rings. The molecule has 1 N–H and O–H groups in total. The van der Waals surface area contributed by atoms with Crippen molar-refractivity contribution < 1.29 is 9.90 Å². The molecule has 5 nitrogen and oxygen atoms in total. The zero-order valence-corrected chi connectivity index (χ0v) is 10.3. The van der Waals surface area contributed by atoms with Crippen molar-refractivity contribution in [1.29, 1.82) is 0 Å². The zero-order valence-electron chi connectivity index (χ0n) is 8.72. The lowest BCUT2D eigenvalue weighted by atomic mass is 10.1. The average Bonchev–Trinajstić information content (AvgIpc) is 2.30. The highest BCUT2D eigenvalue weighted by Gasteiger charge is 2.04. The molecule has 17 heavy (non-hydrogen) atoms. The van der Waals surface area contributed by atoms with Crippen LogP contribution in [0.4, 0.5) is 0 Å². The van der Waals surface area contributed by atoms with Crippen molar-refractivity contribution in [2.75, 3.05) is 6.54 Å². The van der Waals surface area contributed by atoms with Crippen molar-refractivity contribution in [2.24, 2.45) is 5.11 Å². The summed E-state index contributed by atoms with van der Waals surface area (Å²) in [5.41, 5.74) is 8.97. The van der Waals surface area contributed by atoms with Crippen LogP contribution < -0.4 is 0 Å². The van der Waals surface area contributed by atoms with E-state index in [9.17, 15) is 4.79 Å². The molecule has 0 aliphatic rings. The number of hydrogen-bond acceptors (Lipinski definition) is 2. The van der Waals surface area contributed by atoms with Crippen LogP contribution in [0.2, 0.25) is 0 Å². The predicted octanol–water partition coefficient (Wildman–Crippen LogP) is 3.20. The van der Waals surface area contributed by atoms with Crippen molar-refractivity contribution in [1.82, 2.24) is 0 Å². The minimum atomic E-state index is -0.978. The molecule has 0 saturated heterocycles. The second-order valence-electron chi connectivity index (χ2n) is 3.01. The summed E-state index contributed by atoms with van der Waals surface area (Å²) in [5, 5.41) is 12.1. The van der Waals surface area contributed by atoms with E-state index in [1.807, 2.05) is 0 Å². The maximum absolute atomic E-state index is 10.7. The molecule has 0 aliphatic carbocycles. The molecule has 0 heterocycles. The van der Waals surface area contributed by atoms with Gasteiger partial charge >= 0.3 is 5.97 Å². The molecule has 0 aromatic heterocycles. The van der Waals surface area contributed by atoms with E-state index in [-0.39, 0.29) is 5.56 Å². The van der Waals surface area contributed by atoms with Crippen LogP contribution in [0.1, 0.15) is 22.3 Å². The standard InChI is InChI=1S/C11H8BrN3O2/c12-10-7-9(11(16)17)5-4-8(10)3-1-2-6-14-15-13/h4-5,7H,2,6H2,(H,16,17). The van der Waals surface area contributed by atoms with Crippen molar-refractivity contribution in [3.63, 3.8) is 0 Å². The van der Waals surface area contributed by atoms with Gasteiger partial charge in [-0.25, -0.2) is 4.79 Å². The van der Waals surface area contributed by atoms with Crippen LogP contribution >= 0.6 is 15.9 Å². The molecule has 0 radical (unpaired) electrons. The van der Waals surface area contributed by atoms with Crippen molar-refractivity contribution in [2.45, 2.75) is 6.42 Å². The number of carboxylic acid groups (broad SMARTS) is 1. The SMILES string of the molecule is [N-]=[N+]=NCCC#Cc1ccc(C(=O)O)cc1Br. The largest absolute Gasteiger partial charge is 0.478 e. The highest BCUT2D eigenvalue weighted by molar-refractivity contribution is 9.10. The monoisotopic (exact) mass is 293 g/mol. The van der Waals surface area contributed by atoms with Crippen LogP contribution in [0.15, 0.2) is 27.8 Å². The number of azide groups is 1. The fourth-order valence-corrected chi connectivity index (χ4v) is 1.54. The van der Waals surface area contributed by atoms with E-state index in [1.54, 1.807) is 6.07 Å². The Labute approximate surface area is 106 Å². The molecule has 0 saturated carbocycles. The summed E-state index contributed by atoms with van der Waals surface area (Å²) in [6.07, 6.45) is 0.469. The first-order valence-electron chi connectivity index (χ1n) is 4.67. The molecule has 1 aromatic carbocycles. The number of carboxylic acids is 1. The van der Waals surface area contributed by atoms with Gasteiger partial charge in [-0.3, -0.25) is 0 Å². The fraction of sp³-hybridized carbons (Fsp3) is 0.182. The van der Waals surface area contributed by atoms with Gasteiger partial charge in [0.1, 0.15) is 0 Å². The molecule has 1 aromatic rings. The van der Waals surface area contributed by atoms with Gasteiger partial charge in [0.25, 0.3) is 0 Å². The van der Waals surface area contributed by atoms with Gasteiger partial charge in [-0.05, 0) is 39.7 Å². The van der Waals surface area contributed by atoms with Gasteiger partial charge < -0.3 is 5.11 Å². The maximum atomic E-state index is 10.7. The highest BCUT2D eigenvalue weighted by atomic mass is 79.9. The van der Waals surface area contributed by atoms with E-state index in [1.165, 1.54) is 12.1 Å². The van der Waals surface area contributed by atoms with Crippen LogP contribution in [-0.4, -0.2) is 17.6 Å². The third-order valence-corrected chi connectivity index (χ3v) is 2.50. The van der Waals surface area contributed by atoms with Gasteiger partial charge in [-0.2, -0.15) is 0 Å². The second-order valence-corrected chi connectivity index (χ2v) is 3.86. The third-order valence-electron chi connectivity index (χ3n) is 1.84. The molecule has 0 aliphatic heterocycles. The predicted molar refractivity (Wildman–Crippen MR) is 66.6 cm³/mol. The van der Waals surface area contributed by atoms with E-state index in [2.05, 4.69) is 37.8 Å². The van der Waals surface area contributed by atoms with E-state index in [0.717, 1.165) is 0 Å². The van der Waals surface area contributed by atoms with Gasteiger partial charge in [0, 0.05) is 27.9 Å². The lowest BCUT2D eigenvalue weighted by molar-refractivity contribution is 0.0697. The Morgan fingerprint density at radius 3 is 2.94 bits per heavy atom. The Bertz CT molecular complexity index is 539. The molecular formula is C11H8BrN3O2. The zero-order chi connectivity index (χ0) is 12.7. The topological polar surface area (TPSA) is 86.1 Å². The van der Waals surface area contributed by atoms with Crippen LogP contribution in [0, 0.1) is 11.8 Å². The number of benzene rings is 1. The Hall–Kier alpha value is -1.96. The number of hydrogen-bond donors (Lipinski definition) is 1. The van der Waals surface area contributed by atoms with Crippen LogP contribution in [-0.2, 0) is 0 Å². The second kappa shape index (κ2) is 6.59. The normalized spacial score (nSPS) is 8.76. The van der Waals surface area contributed by atoms with Crippen LogP contribution in [0.3, 0.4) is 0 Å². The van der Waals surface area contributed by atoms with Gasteiger partial charge in [-0.1, -0.05) is 17.0 Å². The minimum Gasteiger partial charge on any atom is -0.478 e. The van der Waals surface area contributed by atoms with Gasteiger partial charge in [0.15, 0.2) is 0 Å². The number of halogens is 1. The lowest BCUT2D eigenvalue weighted by Gasteiger charge is -1.98. The molecule has 0 bridgehead atoms. The Morgan fingerprint density at radius 2 is 2.35 bits per heavy atom. The number of nitrogens with zero attached hydrogens (tertiary/aromatic N) is 3. The van der Waals surface area contributed by atoms with E-state index in [0.29, 0.717) is 23.0 Å². The first-order valence-corrected chi connectivity index (χ1v) is 5.47. The van der Waals surface area contributed by atoms with Crippen LogP contribution in [0.5, 0.6) is 0 Å². The van der Waals surface area contributed by atoms with Crippen molar-refractivity contribution in [3.8, 4) is 11.8 Å². The van der Waals surface area contributed by atoms with Gasteiger partial charge in [0.05, 0.1) is 5.56 Å². The Kier molecular flexibility index (Phi) is 5.08. The molecule has 0 unspecified atom stereocenters. The van der Waals surface area contributed by atoms with E-state index < -0.39 is 5.97 Å². The van der Waals surface area contributed by atoms with Gasteiger partial charge in [0.2, 0.25) is 0 Å². The summed E-state index contributed by atoms with van der Waals surface area (Å²) in [5.74, 6) is 4.72. The molecule has 1 rings (SSSR count). The summed E-state index contributed by atoms with van der Waals surface area (Å²) in [6, 6.07) is 4.62. The number of rotatable bonds is 3. The molecular weight excluding hydrogens is 286 g/mol. The average molecular weight is 294 g/mol. The molecule has 0 spiro atoms. The number of carbonyl (C=O) groups is 1. The molecule has 6 heteroatoms. The Balaban J connectivity index is 2.78. The highest BCUT2D eigenvalue weighted by Crippen LogP contribution is 2.17. The lowest BCUT2D eigenvalue weighted by Crippen LogP contribution is -1.96. The van der Waals surface area contributed by atoms with Crippen molar-refractivity contribution >= 4 is 21.9 Å². The first kappa shape index (κ1) is 13.1. The smallest absolute Gasteiger partial charge is 0.335 e. The first-order chi connectivity index (χ1) is 8.15. The summed E-state index contributed by atoms with van der Waals surface area (Å²) in [7, 11) is 0. The molecule has 0 atom stereocenters. The fourth-order valence-electron chi connectivity index (χ4n) is 1.06.